The summed E-state index contributed by atoms with van der Waals surface area (Å²) in [4.78, 5) is 24.0. The lowest BCUT2D eigenvalue weighted by atomic mass is 10.1. The SMILES string of the molecule is Cc1ccc(N2CC(CBr)CC2=O)c([N+](=O)[O-])c1. The van der Waals surface area contributed by atoms with E-state index in [1.807, 2.05) is 0 Å². The Morgan fingerprint density at radius 3 is 2.83 bits per heavy atom. The molecular formula is C12H13BrN2O3. The highest BCUT2D eigenvalue weighted by atomic mass is 79.9. The van der Waals surface area contributed by atoms with E-state index in [0.717, 1.165) is 10.9 Å². The zero-order valence-electron chi connectivity index (χ0n) is 9.93. The van der Waals surface area contributed by atoms with Crippen molar-refractivity contribution in [3.63, 3.8) is 0 Å². The summed E-state index contributed by atoms with van der Waals surface area (Å²) in [5.41, 5.74) is 1.21. The summed E-state index contributed by atoms with van der Waals surface area (Å²) in [5, 5.41) is 11.8. The molecule has 5 nitrogen and oxygen atoms in total. The summed E-state index contributed by atoms with van der Waals surface area (Å²) in [6.45, 7) is 2.33. The molecule has 1 fully saturated rings. The van der Waals surface area contributed by atoms with Crippen LogP contribution >= 0.6 is 15.9 Å². The second-order valence-electron chi connectivity index (χ2n) is 4.48. The molecule has 0 bridgehead atoms. The van der Waals surface area contributed by atoms with E-state index in [9.17, 15) is 14.9 Å². The minimum Gasteiger partial charge on any atom is -0.306 e. The van der Waals surface area contributed by atoms with Crippen molar-refractivity contribution in [2.45, 2.75) is 13.3 Å². The fourth-order valence-electron chi connectivity index (χ4n) is 2.13. The zero-order valence-corrected chi connectivity index (χ0v) is 11.5. The van der Waals surface area contributed by atoms with Crippen molar-refractivity contribution in [2.24, 2.45) is 5.92 Å². The number of nitrogens with zero attached hydrogens (tertiary/aromatic N) is 2. The number of alkyl halides is 1. The van der Waals surface area contributed by atoms with Gasteiger partial charge in [-0.2, -0.15) is 0 Å². The molecule has 1 unspecified atom stereocenters. The lowest BCUT2D eigenvalue weighted by Crippen LogP contribution is -2.25. The first-order valence-corrected chi connectivity index (χ1v) is 6.76. The van der Waals surface area contributed by atoms with Crippen LogP contribution in [-0.4, -0.2) is 22.7 Å². The molecule has 18 heavy (non-hydrogen) atoms. The molecular weight excluding hydrogens is 300 g/mol. The van der Waals surface area contributed by atoms with E-state index in [0.29, 0.717) is 18.7 Å². The molecule has 0 N–H and O–H groups in total. The van der Waals surface area contributed by atoms with Crippen LogP contribution in [0, 0.1) is 23.0 Å². The number of rotatable bonds is 3. The van der Waals surface area contributed by atoms with Crippen LogP contribution in [0.5, 0.6) is 0 Å². The highest BCUT2D eigenvalue weighted by molar-refractivity contribution is 9.09. The van der Waals surface area contributed by atoms with Crippen molar-refractivity contribution in [3.05, 3.63) is 33.9 Å². The number of nitro benzene ring substituents is 1. The Balaban J connectivity index is 2.39. The largest absolute Gasteiger partial charge is 0.306 e. The van der Waals surface area contributed by atoms with Crippen LogP contribution in [0.25, 0.3) is 0 Å². The predicted octanol–water partition coefficient (Wildman–Crippen LogP) is 2.65. The third-order valence-corrected chi connectivity index (χ3v) is 3.96. The highest BCUT2D eigenvalue weighted by Crippen LogP contribution is 2.33. The van der Waals surface area contributed by atoms with Gasteiger partial charge in [-0.3, -0.25) is 14.9 Å². The summed E-state index contributed by atoms with van der Waals surface area (Å²) in [6, 6.07) is 4.95. The maximum atomic E-state index is 11.9. The van der Waals surface area contributed by atoms with Crippen molar-refractivity contribution in [3.8, 4) is 0 Å². The molecule has 2 rings (SSSR count). The lowest BCUT2D eigenvalue weighted by molar-refractivity contribution is -0.384. The fraction of sp³-hybridized carbons (Fsp3) is 0.417. The van der Waals surface area contributed by atoms with Gasteiger partial charge in [-0.05, 0) is 24.5 Å². The molecule has 1 aliphatic heterocycles. The van der Waals surface area contributed by atoms with Crippen LogP contribution in [0.4, 0.5) is 11.4 Å². The number of benzene rings is 1. The number of anilines is 1. The number of aryl methyl sites for hydroxylation is 1. The van der Waals surface area contributed by atoms with Crippen LogP contribution in [0.3, 0.4) is 0 Å². The Labute approximate surface area is 113 Å². The van der Waals surface area contributed by atoms with E-state index >= 15 is 0 Å². The molecule has 1 aromatic rings. The molecule has 96 valence electrons. The summed E-state index contributed by atoms with van der Waals surface area (Å²) >= 11 is 3.35. The number of carbonyl (C=O) groups excluding carboxylic acids is 1. The average molecular weight is 313 g/mol. The van der Waals surface area contributed by atoms with E-state index in [1.165, 1.54) is 11.0 Å². The van der Waals surface area contributed by atoms with Crippen LogP contribution in [-0.2, 0) is 4.79 Å². The van der Waals surface area contributed by atoms with E-state index in [-0.39, 0.29) is 17.5 Å². The topological polar surface area (TPSA) is 63.5 Å². The van der Waals surface area contributed by atoms with Crippen molar-refractivity contribution in [2.75, 3.05) is 16.8 Å². The maximum absolute atomic E-state index is 11.9. The van der Waals surface area contributed by atoms with Gasteiger partial charge in [0.15, 0.2) is 0 Å². The molecule has 1 heterocycles. The van der Waals surface area contributed by atoms with Crippen LogP contribution < -0.4 is 4.90 Å². The van der Waals surface area contributed by atoms with E-state index in [2.05, 4.69) is 15.9 Å². The molecule has 0 saturated carbocycles. The van der Waals surface area contributed by atoms with Gasteiger partial charge in [0.05, 0.1) is 4.92 Å². The Bertz CT molecular complexity index is 504. The van der Waals surface area contributed by atoms with E-state index < -0.39 is 4.92 Å². The van der Waals surface area contributed by atoms with Gasteiger partial charge in [-0.15, -0.1) is 0 Å². The molecule has 6 heteroatoms. The van der Waals surface area contributed by atoms with Gasteiger partial charge in [-0.25, -0.2) is 0 Å². The first-order chi connectivity index (χ1) is 8.52. The Hall–Kier alpha value is -1.43. The molecule has 0 aliphatic carbocycles. The molecule has 1 aromatic carbocycles. The first kappa shape index (κ1) is 13.0. The van der Waals surface area contributed by atoms with Gasteiger partial charge in [0.1, 0.15) is 5.69 Å². The smallest absolute Gasteiger partial charge is 0.293 e. The Morgan fingerprint density at radius 1 is 1.56 bits per heavy atom. The third-order valence-electron chi connectivity index (χ3n) is 3.04. The van der Waals surface area contributed by atoms with Gasteiger partial charge in [-0.1, -0.05) is 22.0 Å². The van der Waals surface area contributed by atoms with Crippen molar-refractivity contribution < 1.29 is 9.72 Å². The monoisotopic (exact) mass is 312 g/mol. The van der Waals surface area contributed by atoms with Crippen LogP contribution in [0.2, 0.25) is 0 Å². The van der Waals surface area contributed by atoms with Crippen molar-refractivity contribution >= 4 is 33.2 Å². The molecule has 1 amide bonds. The van der Waals surface area contributed by atoms with Crippen LogP contribution in [0.1, 0.15) is 12.0 Å². The molecule has 1 saturated heterocycles. The second-order valence-corrected chi connectivity index (χ2v) is 5.13. The summed E-state index contributed by atoms with van der Waals surface area (Å²) in [7, 11) is 0. The number of carbonyl (C=O) groups is 1. The van der Waals surface area contributed by atoms with Gasteiger partial charge in [0.25, 0.3) is 5.69 Å². The van der Waals surface area contributed by atoms with Gasteiger partial charge in [0.2, 0.25) is 5.91 Å². The summed E-state index contributed by atoms with van der Waals surface area (Å²) in [6.07, 6.45) is 0.441. The predicted molar refractivity (Wildman–Crippen MR) is 72.1 cm³/mol. The molecule has 0 radical (unpaired) electrons. The number of amides is 1. The zero-order chi connectivity index (χ0) is 13.3. The Kier molecular flexibility index (Phi) is 3.65. The number of hydrogen-bond donors (Lipinski definition) is 0. The molecule has 0 spiro atoms. The molecule has 0 aromatic heterocycles. The minimum atomic E-state index is -0.433. The third kappa shape index (κ3) is 2.38. The lowest BCUT2D eigenvalue weighted by Gasteiger charge is -2.16. The summed E-state index contributed by atoms with van der Waals surface area (Å²) in [5.74, 6) is 0.171. The highest BCUT2D eigenvalue weighted by Gasteiger charge is 2.33. The van der Waals surface area contributed by atoms with Gasteiger partial charge in [0, 0.05) is 24.4 Å². The quantitative estimate of drug-likeness (QED) is 0.489. The second kappa shape index (κ2) is 5.06. The molecule has 1 aliphatic rings. The number of halogens is 1. The molecule has 1 atom stereocenters. The van der Waals surface area contributed by atoms with E-state index in [1.54, 1.807) is 19.1 Å². The van der Waals surface area contributed by atoms with Crippen LogP contribution in [0.15, 0.2) is 18.2 Å². The maximum Gasteiger partial charge on any atom is 0.293 e. The fourth-order valence-corrected chi connectivity index (χ4v) is 2.56. The first-order valence-electron chi connectivity index (χ1n) is 5.64. The van der Waals surface area contributed by atoms with Gasteiger partial charge >= 0.3 is 0 Å². The summed E-state index contributed by atoms with van der Waals surface area (Å²) < 4.78 is 0. The van der Waals surface area contributed by atoms with Crippen molar-refractivity contribution in [1.29, 1.82) is 0 Å². The normalized spacial score (nSPS) is 19.3. The Morgan fingerprint density at radius 2 is 2.28 bits per heavy atom. The van der Waals surface area contributed by atoms with E-state index in [4.69, 9.17) is 0 Å². The minimum absolute atomic E-state index is 0.00132. The van der Waals surface area contributed by atoms with Gasteiger partial charge < -0.3 is 4.90 Å². The average Bonchev–Trinajstić information content (AvgIpc) is 2.70. The number of nitro groups is 1. The standard InChI is InChI=1S/C12H13BrN2O3/c1-8-2-3-10(11(4-8)15(17)18)14-7-9(6-13)5-12(14)16/h2-4,9H,5-7H2,1H3. The van der Waals surface area contributed by atoms with Crippen molar-refractivity contribution in [1.82, 2.24) is 0 Å². The number of hydrogen-bond acceptors (Lipinski definition) is 3.